The van der Waals surface area contributed by atoms with Crippen molar-refractivity contribution in [3.05, 3.63) is 48.8 Å². The van der Waals surface area contributed by atoms with Crippen LogP contribution in [-0.2, 0) is 25.6 Å². The van der Waals surface area contributed by atoms with E-state index in [1.165, 1.54) is 24.3 Å². The van der Waals surface area contributed by atoms with Crippen LogP contribution in [0.3, 0.4) is 0 Å². The van der Waals surface area contributed by atoms with Crippen molar-refractivity contribution in [2.75, 3.05) is 52.6 Å². The minimum atomic E-state index is -0.993. The number of ether oxygens (including phenoxy) is 3. The first-order valence-electron chi connectivity index (χ1n) is 11.1. The maximum atomic E-state index is 13.3. The van der Waals surface area contributed by atoms with Crippen LogP contribution in [0.2, 0.25) is 0 Å². The summed E-state index contributed by atoms with van der Waals surface area (Å²) in [5, 5.41) is 0. The fourth-order valence-corrected chi connectivity index (χ4v) is 4.05. The number of carbonyl (C=O) groups is 2. The van der Waals surface area contributed by atoms with E-state index in [0.29, 0.717) is 58.2 Å². The molecule has 4 rings (SSSR count). The average Bonchev–Trinajstić information content (AvgIpc) is 3.37. The van der Waals surface area contributed by atoms with Crippen molar-refractivity contribution < 1.29 is 28.2 Å². The van der Waals surface area contributed by atoms with E-state index in [2.05, 4.69) is 4.98 Å². The van der Waals surface area contributed by atoms with Crippen molar-refractivity contribution in [2.45, 2.75) is 25.0 Å². The van der Waals surface area contributed by atoms with E-state index in [9.17, 15) is 14.0 Å². The Hall–Kier alpha value is -2.98. The molecule has 2 saturated heterocycles. The lowest BCUT2D eigenvalue weighted by Gasteiger charge is -2.43. The first kappa shape index (κ1) is 23.2. The van der Waals surface area contributed by atoms with Crippen LogP contribution < -0.4 is 4.74 Å². The number of halogens is 1. The number of hydrogen-bond acceptors (Lipinski definition) is 6. The van der Waals surface area contributed by atoms with Crippen molar-refractivity contribution in [1.29, 1.82) is 0 Å². The van der Waals surface area contributed by atoms with Gasteiger partial charge < -0.3 is 28.6 Å². The van der Waals surface area contributed by atoms with Crippen molar-refractivity contribution >= 4 is 11.8 Å². The molecule has 2 aliphatic rings. The standard InChI is InChI=1S/C23H29FN4O5/c24-19-1-3-20(4-2-19)32-17-23(15-22(30)27-9-12-31-13-10-27)16-28(11-14-33-23)21(29)5-7-26-8-6-25-18-26/h1-4,6,8,18H,5,7,9-17H2/t23-/m0/s1. The molecular formula is C23H29FN4O5. The lowest BCUT2D eigenvalue weighted by Crippen LogP contribution is -2.58. The lowest BCUT2D eigenvalue weighted by molar-refractivity contribution is -0.167. The largest absolute Gasteiger partial charge is 0.490 e. The number of carbonyl (C=O) groups excluding carboxylic acids is 2. The number of hydrogen-bond donors (Lipinski definition) is 0. The van der Waals surface area contributed by atoms with Gasteiger partial charge in [-0.05, 0) is 24.3 Å². The Morgan fingerprint density at radius 1 is 1.06 bits per heavy atom. The number of nitrogens with zero attached hydrogens (tertiary/aromatic N) is 4. The highest BCUT2D eigenvalue weighted by Gasteiger charge is 2.42. The summed E-state index contributed by atoms with van der Waals surface area (Å²) in [5.41, 5.74) is -0.993. The Morgan fingerprint density at radius 2 is 1.82 bits per heavy atom. The summed E-state index contributed by atoms with van der Waals surface area (Å²) in [6, 6.07) is 5.69. The summed E-state index contributed by atoms with van der Waals surface area (Å²) >= 11 is 0. The molecule has 2 aliphatic heterocycles. The predicted octanol–water partition coefficient (Wildman–Crippen LogP) is 1.34. The molecule has 33 heavy (non-hydrogen) atoms. The van der Waals surface area contributed by atoms with Crippen LogP contribution in [-0.4, -0.2) is 89.4 Å². The van der Waals surface area contributed by atoms with E-state index in [4.69, 9.17) is 14.2 Å². The van der Waals surface area contributed by atoms with E-state index < -0.39 is 5.60 Å². The van der Waals surface area contributed by atoms with Gasteiger partial charge >= 0.3 is 0 Å². The molecule has 0 N–H and O–H groups in total. The monoisotopic (exact) mass is 460 g/mol. The Bertz CT molecular complexity index is 917. The SMILES string of the molecule is O=C(C[C@@]1(COc2ccc(F)cc2)CN(C(=O)CCn2ccnc2)CCO1)N1CCOCC1. The average molecular weight is 461 g/mol. The predicted molar refractivity (Wildman–Crippen MR) is 116 cm³/mol. The van der Waals surface area contributed by atoms with E-state index in [1.54, 1.807) is 22.3 Å². The molecule has 0 spiro atoms. The van der Waals surface area contributed by atoms with Crippen LogP contribution in [0.15, 0.2) is 43.0 Å². The van der Waals surface area contributed by atoms with Crippen LogP contribution in [0.5, 0.6) is 5.75 Å². The second-order valence-corrected chi connectivity index (χ2v) is 8.31. The molecule has 3 heterocycles. The molecule has 0 radical (unpaired) electrons. The number of benzene rings is 1. The molecule has 1 aromatic heterocycles. The Balaban J connectivity index is 1.44. The second kappa shape index (κ2) is 10.8. The minimum absolute atomic E-state index is 0.0167. The lowest BCUT2D eigenvalue weighted by atomic mass is 9.96. The third-order valence-corrected chi connectivity index (χ3v) is 5.90. The smallest absolute Gasteiger partial charge is 0.225 e. The zero-order valence-corrected chi connectivity index (χ0v) is 18.5. The van der Waals surface area contributed by atoms with Gasteiger partial charge in [-0.15, -0.1) is 0 Å². The van der Waals surface area contributed by atoms with Gasteiger partial charge in [-0.1, -0.05) is 0 Å². The molecule has 0 unspecified atom stereocenters. The molecule has 1 aromatic carbocycles. The number of aryl methyl sites for hydroxylation is 1. The van der Waals surface area contributed by atoms with Gasteiger partial charge in [0.05, 0.1) is 39.1 Å². The summed E-state index contributed by atoms with van der Waals surface area (Å²) in [6.45, 7) is 3.67. The van der Waals surface area contributed by atoms with Crippen molar-refractivity contribution in [2.24, 2.45) is 0 Å². The highest BCUT2D eigenvalue weighted by Crippen LogP contribution is 2.26. The number of imidazole rings is 1. The first-order chi connectivity index (χ1) is 16.0. The van der Waals surface area contributed by atoms with Crippen molar-refractivity contribution in [1.82, 2.24) is 19.4 Å². The Kier molecular flexibility index (Phi) is 7.56. The summed E-state index contributed by atoms with van der Waals surface area (Å²) in [6.07, 6.45) is 5.57. The number of aromatic nitrogens is 2. The molecule has 1 atom stereocenters. The molecule has 0 saturated carbocycles. The van der Waals surface area contributed by atoms with E-state index >= 15 is 0 Å². The van der Waals surface area contributed by atoms with E-state index in [-0.39, 0.29) is 37.2 Å². The first-order valence-corrected chi connectivity index (χ1v) is 11.1. The van der Waals surface area contributed by atoms with Gasteiger partial charge in [0.1, 0.15) is 23.8 Å². The van der Waals surface area contributed by atoms with Gasteiger partial charge in [-0.25, -0.2) is 9.37 Å². The van der Waals surface area contributed by atoms with Gasteiger partial charge in [0.2, 0.25) is 11.8 Å². The third kappa shape index (κ3) is 6.29. The molecule has 2 amide bonds. The molecule has 0 aliphatic carbocycles. The van der Waals surface area contributed by atoms with Crippen LogP contribution >= 0.6 is 0 Å². The van der Waals surface area contributed by atoms with E-state index in [0.717, 1.165) is 0 Å². The molecular weight excluding hydrogens is 431 g/mol. The molecule has 10 heteroatoms. The van der Waals surface area contributed by atoms with Crippen LogP contribution in [0.1, 0.15) is 12.8 Å². The van der Waals surface area contributed by atoms with Crippen LogP contribution in [0, 0.1) is 5.82 Å². The maximum Gasteiger partial charge on any atom is 0.225 e. The van der Waals surface area contributed by atoms with Gasteiger partial charge in [-0.3, -0.25) is 9.59 Å². The molecule has 178 valence electrons. The quantitative estimate of drug-likeness (QED) is 0.591. The fraction of sp³-hybridized carbons (Fsp3) is 0.522. The van der Waals surface area contributed by atoms with Gasteiger partial charge in [0.25, 0.3) is 0 Å². The summed E-state index contributed by atoms with van der Waals surface area (Å²) in [7, 11) is 0. The molecule has 2 fully saturated rings. The van der Waals surface area contributed by atoms with Gasteiger partial charge in [0.15, 0.2) is 0 Å². The van der Waals surface area contributed by atoms with Crippen molar-refractivity contribution in [3.8, 4) is 5.75 Å². The van der Waals surface area contributed by atoms with E-state index in [1.807, 2.05) is 10.8 Å². The minimum Gasteiger partial charge on any atom is -0.490 e. The third-order valence-electron chi connectivity index (χ3n) is 5.90. The zero-order chi connectivity index (χ0) is 23.1. The number of morpholine rings is 2. The second-order valence-electron chi connectivity index (χ2n) is 8.31. The van der Waals surface area contributed by atoms with Crippen LogP contribution in [0.25, 0.3) is 0 Å². The number of amides is 2. The highest BCUT2D eigenvalue weighted by atomic mass is 19.1. The van der Waals surface area contributed by atoms with Gasteiger partial charge in [0, 0.05) is 45.0 Å². The summed E-state index contributed by atoms with van der Waals surface area (Å²) in [4.78, 5) is 33.5. The fourth-order valence-electron chi connectivity index (χ4n) is 4.05. The van der Waals surface area contributed by atoms with Gasteiger partial charge in [-0.2, -0.15) is 0 Å². The summed E-state index contributed by atoms with van der Waals surface area (Å²) < 4.78 is 32.5. The maximum absolute atomic E-state index is 13.3. The normalized spacial score (nSPS) is 21.1. The molecule has 0 bridgehead atoms. The topological polar surface area (TPSA) is 86.1 Å². The molecule has 2 aromatic rings. The Labute approximate surface area is 192 Å². The molecule has 9 nitrogen and oxygen atoms in total. The Morgan fingerprint density at radius 3 is 2.55 bits per heavy atom. The highest BCUT2D eigenvalue weighted by molar-refractivity contribution is 5.79. The zero-order valence-electron chi connectivity index (χ0n) is 18.5. The number of rotatable bonds is 8. The van der Waals surface area contributed by atoms with Crippen molar-refractivity contribution in [3.63, 3.8) is 0 Å². The summed E-state index contributed by atoms with van der Waals surface area (Å²) in [5.74, 6) is 0.0376. The van der Waals surface area contributed by atoms with Crippen LogP contribution in [0.4, 0.5) is 4.39 Å².